The van der Waals surface area contributed by atoms with E-state index in [9.17, 15) is 0 Å². The molecule has 0 fully saturated rings. The van der Waals surface area contributed by atoms with Gasteiger partial charge in [-0.1, -0.05) is 0 Å². The summed E-state index contributed by atoms with van der Waals surface area (Å²) in [6.45, 7) is 2.56. The summed E-state index contributed by atoms with van der Waals surface area (Å²) in [4.78, 5) is 0. The first-order chi connectivity index (χ1) is 3.72. The average Bonchev–Trinajstić information content (AvgIpc) is 1.84. The third kappa shape index (κ3) is 2.26. The maximum Gasteiger partial charge on any atom is 0.0316 e. The first kappa shape index (κ1) is 7.88. The number of rotatable bonds is 3. The largest absolute Gasteiger partial charge is 0.329 e. The van der Waals surface area contributed by atoms with Crippen LogP contribution in [0.2, 0.25) is 0 Å². The van der Waals surface area contributed by atoms with Crippen LogP contribution in [0, 0.1) is 0 Å². The van der Waals surface area contributed by atoms with Gasteiger partial charge in [-0.05, 0) is 14.0 Å². The standard InChI is InChI=1S/C5H15N3/c1-4(8-2)5(7)3-6/h4-5,8H,3,6-7H2,1-2H3. The molecule has 2 atom stereocenters. The third-order valence-corrected chi connectivity index (χ3v) is 1.37. The van der Waals surface area contributed by atoms with E-state index < -0.39 is 0 Å². The van der Waals surface area contributed by atoms with E-state index in [0.717, 1.165) is 0 Å². The molecule has 0 radical (unpaired) electrons. The van der Waals surface area contributed by atoms with E-state index in [1.54, 1.807) is 0 Å². The van der Waals surface area contributed by atoms with Crippen LogP contribution < -0.4 is 16.8 Å². The Morgan fingerprint density at radius 3 is 2.25 bits per heavy atom. The Kier molecular flexibility index (Phi) is 3.77. The number of nitrogens with two attached hydrogens (primary N) is 2. The molecule has 0 aliphatic rings. The van der Waals surface area contributed by atoms with Crippen molar-refractivity contribution in [2.24, 2.45) is 11.5 Å². The summed E-state index contributed by atoms with van der Waals surface area (Å²) in [7, 11) is 1.88. The maximum absolute atomic E-state index is 5.54. The third-order valence-electron chi connectivity index (χ3n) is 1.37. The minimum Gasteiger partial charge on any atom is -0.329 e. The summed E-state index contributed by atoms with van der Waals surface area (Å²) in [6.07, 6.45) is 0. The van der Waals surface area contributed by atoms with Crippen LogP contribution in [-0.4, -0.2) is 25.7 Å². The molecule has 0 aliphatic carbocycles. The first-order valence-corrected chi connectivity index (χ1v) is 2.85. The van der Waals surface area contributed by atoms with Crippen LogP contribution in [0.25, 0.3) is 0 Å². The van der Waals surface area contributed by atoms with E-state index in [1.165, 1.54) is 0 Å². The van der Waals surface area contributed by atoms with E-state index in [0.29, 0.717) is 12.6 Å². The fourth-order valence-electron chi connectivity index (χ4n) is 0.418. The Labute approximate surface area is 50.4 Å². The lowest BCUT2D eigenvalue weighted by atomic mass is 10.2. The van der Waals surface area contributed by atoms with Crippen LogP contribution >= 0.6 is 0 Å². The Hall–Kier alpha value is -0.120. The highest BCUT2D eigenvalue weighted by atomic mass is 14.9. The minimum atomic E-state index is 0.0833. The van der Waals surface area contributed by atoms with Gasteiger partial charge in [-0.3, -0.25) is 0 Å². The number of likely N-dealkylation sites (N-methyl/N-ethyl adjacent to an activating group) is 1. The van der Waals surface area contributed by atoms with Gasteiger partial charge >= 0.3 is 0 Å². The second-order valence-electron chi connectivity index (χ2n) is 1.98. The van der Waals surface area contributed by atoms with Gasteiger partial charge in [0, 0.05) is 18.6 Å². The molecule has 3 heteroatoms. The lowest BCUT2D eigenvalue weighted by molar-refractivity contribution is 0.497. The first-order valence-electron chi connectivity index (χ1n) is 2.85. The Morgan fingerprint density at radius 2 is 2.12 bits per heavy atom. The van der Waals surface area contributed by atoms with Crippen molar-refractivity contribution in [3.05, 3.63) is 0 Å². The number of hydrogen-bond donors (Lipinski definition) is 3. The van der Waals surface area contributed by atoms with Gasteiger partial charge in [0.1, 0.15) is 0 Å². The minimum absolute atomic E-state index is 0.0833. The van der Waals surface area contributed by atoms with Crippen molar-refractivity contribution >= 4 is 0 Å². The van der Waals surface area contributed by atoms with Gasteiger partial charge in [0.2, 0.25) is 0 Å². The average molecular weight is 117 g/mol. The molecular formula is C5H15N3. The van der Waals surface area contributed by atoms with E-state index in [2.05, 4.69) is 5.32 Å². The quantitative estimate of drug-likeness (QED) is 0.439. The number of nitrogens with one attached hydrogen (secondary N) is 1. The van der Waals surface area contributed by atoms with Crippen molar-refractivity contribution in [3.63, 3.8) is 0 Å². The summed E-state index contributed by atoms with van der Waals surface area (Å²) < 4.78 is 0. The van der Waals surface area contributed by atoms with Gasteiger partial charge in [0.15, 0.2) is 0 Å². The van der Waals surface area contributed by atoms with Crippen LogP contribution in [0.5, 0.6) is 0 Å². The van der Waals surface area contributed by atoms with E-state index in [4.69, 9.17) is 11.5 Å². The van der Waals surface area contributed by atoms with E-state index >= 15 is 0 Å². The zero-order valence-electron chi connectivity index (χ0n) is 5.52. The molecule has 0 saturated heterocycles. The van der Waals surface area contributed by atoms with Gasteiger partial charge < -0.3 is 16.8 Å². The predicted molar refractivity (Wildman–Crippen MR) is 35.6 cm³/mol. The molecule has 5 N–H and O–H groups in total. The molecule has 0 saturated carbocycles. The zero-order valence-corrected chi connectivity index (χ0v) is 5.52. The molecule has 0 aromatic rings. The van der Waals surface area contributed by atoms with Gasteiger partial charge in [-0.25, -0.2) is 0 Å². The predicted octanol–water partition coefficient (Wildman–Crippen LogP) is -1.12. The van der Waals surface area contributed by atoms with Crippen molar-refractivity contribution in [1.29, 1.82) is 0 Å². The lowest BCUT2D eigenvalue weighted by Crippen LogP contribution is -2.45. The Bertz CT molecular complexity index is 47.6. The van der Waals surface area contributed by atoms with Gasteiger partial charge in [0.05, 0.1) is 0 Å². The highest BCUT2D eigenvalue weighted by Crippen LogP contribution is 1.82. The molecule has 0 rings (SSSR count). The number of hydrogen-bond acceptors (Lipinski definition) is 3. The van der Waals surface area contributed by atoms with Crippen LogP contribution in [0.3, 0.4) is 0 Å². The zero-order chi connectivity index (χ0) is 6.57. The monoisotopic (exact) mass is 117 g/mol. The van der Waals surface area contributed by atoms with Gasteiger partial charge in [-0.15, -0.1) is 0 Å². The molecule has 3 nitrogen and oxygen atoms in total. The van der Waals surface area contributed by atoms with Gasteiger partial charge in [0.25, 0.3) is 0 Å². The molecule has 50 valence electrons. The van der Waals surface area contributed by atoms with Crippen LogP contribution in [0.4, 0.5) is 0 Å². The Balaban J connectivity index is 3.29. The second kappa shape index (κ2) is 3.83. The molecule has 0 aromatic heterocycles. The summed E-state index contributed by atoms with van der Waals surface area (Å²) in [6, 6.07) is 0.403. The lowest BCUT2D eigenvalue weighted by Gasteiger charge is -2.16. The van der Waals surface area contributed by atoms with Crippen molar-refractivity contribution in [3.8, 4) is 0 Å². The van der Waals surface area contributed by atoms with Crippen LogP contribution in [0.1, 0.15) is 6.92 Å². The fourth-order valence-corrected chi connectivity index (χ4v) is 0.418. The molecule has 0 bridgehead atoms. The van der Waals surface area contributed by atoms with Gasteiger partial charge in [-0.2, -0.15) is 0 Å². The van der Waals surface area contributed by atoms with Crippen molar-refractivity contribution < 1.29 is 0 Å². The molecule has 0 spiro atoms. The molecule has 0 heterocycles. The summed E-state index contributed by atoms with van der Waals surface area (Å²) in [5.41, 5.74) is 10.8. The van der Waals surface area contributed by atoms with Crippen molar-refractivity contribution in [2.75, 3.05) is 13.6 Å². The molecular weight excluding hydrogens is 102 g/mol. The molecule has 0 aliphatic heterocycles. The molecule has 2 unspecified atom stereocenters. The summed E-state index contributed by atoms with van der Waals surface area (Å²) >= 11 is 0. The summed E-state index contributed by atoms with van der Waals surface area (Å²) in [5.74, 6) is 0. The highest BCUT2D eigenvalue weighted by Gasteiger charge is 2.05. The van der Waals surface area contributed by atoms with Crippen molar-refractivity contribution in [1.82, 2.24) is 5.32 Å². The second-order valence-corrected chi connectivity index (χ2v) is 1.98. The summed E-state index contributed by atoms with van der Waals surface area (Å²) in [5, 5.41) is 3.01. The SMILES string of the molecule is CNC(C)C(N)CN. The maximum atomic E-state index is 5.54. The van der Waals surface area contributed by atoms with E-state index in [-0.39, 0.29) is 6.04 Å². The smallest absolute Gasteiger partial charge is 0.0316 e. The highest BCUT2D eigenvalue weighted by molar-refractivity contribution is 4.73. The fraction of sp³-hybridized carbons (Fsp3) is 1.00. The van der Waals surface area contributed by atoms with Crippen LogP contribution in [0.15, 0.2) is 0 Å². The molecule has 0 amide bonds. The van der Waals surface area contributed by atoms with Crippen molar-refractivity contribution in [2.45, 2.75) is 19.0 Å². The Morgan fingerprint density at radius 1 is 1.62 bits per heavy atom. The molecule has 0 aromatic carbocycles. The van der Waals surface area contributed by atoms with Crippen LogP contribution in [-0.2, 0) is 0 Å². The molecule has 8 heavy (non-hydrogen) atoms. The normalized spacial score (nSPS) is 18.0. The topological polar surface area (TPSA) is 64.1 Å². The van der Waals surface area contributed by atoms with E-state index in [1.807, 2.05) is 14.0 Å².